The van der Waals surface area contributed by atoms with E-state index in [1.165, 1.54) is 8.61 Å². The number of nitriles is 1. The lowest BCUT2D eigenvalue weighted by atomic mass is 9.47. The van der Waals surface area contributed by atoms with Gasteiger partial charge in [-0.1, -0.05) is 12.1 Å². The predicted molar refractivity (Wildman–Crippen MR) is 121 cm³/mol. The molecule has 1 aromatic carbocycles. The van der Waals surface area contributed by atoms with Crippen LogP contribution in [-0.4, -0.2) is 50.2 Å². The predicted octanol–water partition coefficient (Wildman–Crippen LogP) is 1.11. The van der Waals surface area contributed by atoms with E-state index in [2.05, 4.69) is 5.32 Å². The molecule has 0 spiro atoms. The second-order valence-electron chi connectivity index (χ2n) is 10.1. The van der Waals surface area contributed by atoms with Crippen molar-refractivity contribution in [2.24, 2.45) is 28.9 Å². The fourth-order valence-corrected chi connectivity index (χ4v) is 8.59. The number of nitrogens with zero attached hydrogens (tertiary/aromatic N) is 3. The van der Waals surface area contributed by atoms with Gasteiger partial charge in [0, 0.05) is 24.5 Å². The van der Waals surface area contributed by atoms with Gasteiger partial charge in [0.1, 0.15) is 6.07 Å². The summed E-state index contributed by atoms with van der Waals surface area (Å²) in [5, 5.41) is 12.5. The number of para-hydroxylation sites is 1. The highest BCUT2D eigenvalue weighted by Gasteiger charge is 2.58. The van der Waals surface area contributed by atoms with Gasteiger partial charge in [-0.05, 0) is 68.4 Å². The molecule has 176 valence electrons. The topological polar surface area (TPSA) is 137 Å². The number of rotatable bonds is 5. The Labute approximate surface area is 194 Å². The number of primary amides is 1. The van der Waals surface area contributed by atoms with Crippen LogP contribution in [0.2, 0.25) is 0 Å². The Hall–Kier alpha value is -2.64. The van der Waals surface area contributed by atoms with E-state index in [1.807, 2.05) is 6.07 Å². The smallest absolute Gasteiger partial charge is 0.304 e. The number of benzene rings is 1. The maximum atomic E-state index is 13.3. The van der Waals surface area contributed by atoms with E-state index in [0.717, 1.165) is 19.3 Å². The Morgan fingerprint density at radius 2 is 1.85 bits per heavy atom. The Bertz CT molecular complexity index is 1110. The molecule has 2 unspecified atom stereocenters. The van der Waals surface area contributed by atoms with Gasteiger partial charge in [0.15, 0.2) is 0 Å². The average Bonchev–Trinajstić information content (AvgIpc) is 2.77. The molecule has 9 nitrogen and oxygen atoms in total. The van der Waals surface area contributed by atoms with Crippen molar-refractivity contribution in [2.45, 2.75) is 44.6 Å². The largest absolute Gasteiger partial charge is 0.369 e. The van der Waals surface area contributed by atoms with Crippen LogP contribution in [0.15, 0.2) is 24.3 Å². The van der Waals surface area contributed by atoms with Crippen LogP contribution in [0, 0.1) is 34.5 Å². The molecule has 10 heteroatoms. The number of carbonyl (C=O) groups excluding carboxylic acids is 2. The van der Waals surface area contributed by atoms with Crippen LogP contribution in [0.1, 0.15) is 44.1 Å². The summed E-state index contributed by atoms with van der Waals surface area (Å²) in [6, 6.07) is 8.59. The first-order valence-electron chi connectivity index (χ1n) is 11.6. The molecule has 1 aliphatic heterocycles. The molecule has 0 radical (unpaired) electrons. The Morgan fingerprint density at radius 3 is 2.52 bits per heavy atom. The van der Waals surface area contributed by atoms with Crippen LogP contribution in [-0.2, 0) is 19.8 Å². The minimum Gasteiger partial charge on any atom is -0.369 e. The van der Waals surface area contributed by atoms with E-state index in [1.54, 1.807) is 24.3 Å². The van der Waals surface area contributed by atoms with Crippen molar-refractivity contribution in [3.05, 3.63) is 29.8 Å². The van der Waals surface area contributed by atoms with E-state index < -0.39 is 15.6 Å². The van der Waals surface area contributed by atoms with E-state index >= 15 is 0 Å². The van der Waals surface area contributed by atoms with E-state index in [0.29, 0.717) is 30.9 Å². The van der Waals surface area contributed by atoms with Gasteiger partial charge in [-0.25, -0.2) is 0 Å². The molecule has 4 saturated carbocycles. The quantitative estimate of drug-likeness (QED) is 0.663. The first-order chi connectivity index (χ1) is 15.7. The second-order valence-corrected chi connectivity index (χ2v) is 12.0. The van der Waals surface area contributed by atoms with Crippen LogP contribution in [0.3, 0.4) is 0 Å². The number of anilines is 1. The fraction of sp³-hybridized carbons (Fsp3) is 0.609. The lowest BCUT2D eigenvalue weighted by molar-refractivity contribution is -0.147. The van der Waals surface area contributed by atoms with Gasteiger partial charge in [0.2, 0.25) is 11.8 Å². The molecule has 33 heavy (non-hydrogen) atoms. The highest BCUT2D eigenvalue weighted by atomic mass is 32.2. The molecule has 3 N–H and O–H groups in total. The molecule has 5 fully saturated rings. The normalized spacial score (nSPS) is 34.6. The lowest BCUT2D eigenvalue weighted by Gasteiger charge is -2.58. The van der Waals surface area contributed by atoms with Crippen LogP contribution >= 0.6 is 0 Å². The summed E-state index contributed by atoms with van der Waals surface area (Å²) in [7, 11) is -3.93. The van der Waals surface area contributed by atoms with Crippen molar-refractivity contribution < 1.29 is 18.0 Å². The van der Waals surface area contributed by atoms with E-state index in [-0.39, 0.29) is 54.9 Å². The number of carbonyl (C=O) groups is 2. The van der Waals surface area contributed by atoms with E-state index in [4.69, 9.17) is 5.73 Å². The standard InChI is InChI=1S/C23H29N5O4S/c24-13-16-4-1-2-5-19(16)28-7-3-6-27(33(28,31)32)14-20(29)26-21-17-8-15-9-18(21)12-23(10-15,11-17)22(25)30/h1-2,4-5,15,17-18,21H,3,6-12,14H2,(H2,25,30)(H,26,29). The van der Waals surface area contributed by atoms with Crippen molar-refractivity contribution in [3.8, 4) is 6.07 Å². The zero-order valence-corrected chi connectivity index (χ0v) is 19.3. The van der Waals surface area contributed by atoms with Gasteiger partial charge in [-0.2, -0.15) is 18.0 Å². The SMILES string of the molecule is N#Cc1ccccc1N1CCCN(CC(=O)NC2C3CC4CC2CC(C(N)=O)(C4)C3)S1(=O)=O. The van der Waals surface area contributed by atoms with Gasteiger partial charge in [-0.3, -0.25) is 13.9 Å². The lowest BCUT2D eigenvalue weighted by Crippen LogP contribution is -2.63. The Balaban J connectivity index is 1.29. The highest BCUT2D eigenvalue weighted by molar-refractivity contribution is 7.90. The zero-order valence-electron chi connectivity index (χ0n) is 18.4. The van der Waals surface area contributed by atoms with Crippen molar-refractivity contribution in [1.29, 1.82) is 5.26 Å². The summed E-state index contributed by atoms with van der Waals surface area (Å²) in [4.78, 5) is 25.1. The number of hydrogen-bond acceptors (Lipinski definition) is 5. The minimum absolute atomic E-state index is 0.0376. The molecule has 0 aromatic heterocycles. The fourth-order valence-electron chi connectivity index (χ4n) is 6.91. The molecular weight excluding hydrogens is 442 g/mol. The average molecular weight is 472 g/mol. The molecule has 4 bridgehead atoms. The third kappa shape index (κ3) is 3.67. The molecule has 1 aromatic rings. The molecule has 6 rings (SSSR count). The monoisotopic (exact) mass is 471 g/mol. The van der Waals surface area contributed by atoms with Crippen LogP contribution in [0.25, 0.3) is 0 Å². The van der Waals surface area contributed by atoms with Crippen molar-refractivity contribution in [1.82, 2.24) is 9.62 Å². The molecule has 5 aliphatic rings. The molecule has 1 saturated heterocycles. The third-order valence-corrected chi connectivity index (χ3v) is 10.0. The third-order valence-electron chi connectivity index (χ3n) is 8.11. The summed E-state index contributed by atoms with van der Waals surface area (Å²) < 4.78 is 29.0. The highest BCUT2D eigenvalue weighted by Crippen LogP contribution is 2.59. The maximum Gasteiger partial charge on any atom is 0.304 e. The number of nitrogens with two attached hydrogens (primary N) is 1. The summed E-state index contributed by atoms with van der Waals surface area (Å²) in [6.07, 6.45) is 4.81. The molecule has 2 atom stereocenters. The molecule has 2 amide bonds. The second kappa shape index (κ2) is 7.99. The maximum absolute atomic E-state index is 13.3. The van der Waals surface area contributed by atoms with Crippen LogP contribution in [0.4, 0.5) is 5.69 Å². The Morgan fingerprint density at radius 1 is 1.15 bits per heavy atom. The van der Waals surface area contributed by atoms with Gasteiger partial charge >= 0.3 is 10.2 Å². The van der Waals surface area contributed by atoms with Gasteiger partial charge < -0.3 is 11.1 Å². The van der Waals surface area contributed by atoms with Crippen molar-refractivity contribution >= 4 is 27.7 Å². The minimum atomic E-state index is -3.93. The zero-order chi connectivity index (χ0) is 23.4. The van der Waals surface area contributed by atoms with Gasteiger partial charge in [0.25, 0.3) is 0 Å². The number of nitrogens with one attached hydrogen (secondary N) is 1. The van der Waals surface area contributed by atoms with Gasteiger partial charge in [-0.15, -0.1) is 0 Å². The number of amides is 2. The van der Waals surface area contributed by atoms with Crippen molar-refractivity contribution in [2.75, 3.05) is 23.9 Å². The van der Waals surface area contributed by atoms with Crippen LogP contribution < -0.4 is 15.4 Å². The summed E-state index contributed by atoms with van der Waals surface area (Å²) in [5.74, 6) is 0.372. The Kier molecular flexibility index (Phi) is 5.37. The van der Waals surface area contributed by atoms with Crippen LogP contribution in [0.5, 0.6) is 0 Å². The van der Waals surface area contributed by atoms with E-state index in [9.17, 15) is 23.3 Å². The molecule has 1 heterocycles. The summed E-state index contributed by atoms with van der Waals surface area (Å²) in [5.41, 5.74) is 5.94. The van der Waals surface area contributed by atoms with Gasteiger partial charge in [0.05, 0.1) is 17.8 Å². The summed E-state index contributed by atoms with van der Waals surface area (Å²) in [6.45, 7) is 0.266. The van der Waals surface area contributed by atoms with Crippen molar-refractivity contribution in [3.63, 3.8) is 0 Å². The first kappa shape index (κ1) is 22.2. The number of hydrogen-bond donors (Lipinski definition) is 2. The molecular formula is C23H29N5O4S. The summed E-state index contributed by atoms with van der Waals surface area (Å²) >= 11 is 0. The molecule has 4 aliphatic carbocycles. The first-order valence-corrected chi connectivity index (χ1v) is 13.0.